The maximum absolute atomic E-state index is 6.39. The summed E-state index contributed by atoms with van der Waals surface area (Å²) in [5, 5.41) is 9.72. The zero-order valence-electron chi connectivity index (χ0n) is 35.4. The molecule has 3 nitrogen and oxygen atoms in total. The molecule has 0 bridgehead atoms. The highest BCUT2D eigenvalue weighted by atomic mass is 16.3. The molecule has 0 aliphatic carbocycles. The van der Waals surface area contributed by atoms with Gasteiger partial charge in [-0.15, -0.1) is 0 Å². The largest absolute Gasteiger partial charge is 0.456 e. The van der Waals surface area contributed by atoms with Crippen molar-refractivity contribution in [1.82, 2.24) is 4.57 Å². The molecule has 2 aromatic heterocycles. The van der Waals surface area contributed by atoms with Crippen LogP contribution in [0.25, 0.3) is 104 Å². The first-order valence-electron chi connectivity index (χ1n) is 22.2. The summed E-state index contributed by atoms with van der Waals surface area (Å²) >= 11 is 0. The van der Waals surface area contributed by atoms with Crippen LogP contribution in [-0.2, 0) is 0 Å². The molecule has 0 saturated carbocycles. The van der Waals surface area contributed by atoms with Crippen LogP contribution >= 0.6 is 0 Å². The van der Waals surface area contributed by atoms with E-state index in [4.69, 9.17) is 4.42 Å². The van der Waals surface area contributed by atoms with E-state index in [1.807, 2.05) is 6.07 Å². The van der Waals surface area contributed by atoms with Gasteiger partial charge in [0.15, 0.2) is 0 Å². The Kier molecular flexibility index (Phi) is 8.53. The fourth-order valence-corrected chi connectivity index (χ4v) is 10.2. The molecule has 13 rings (SSSR count). The summed E-state index contributed by atoms with van der Waals surface area (Å²) in [6.07, 6.45) is 0. The van der Waals surface area contributed by atoms with Crippen molar-refractivity contribution in [2.75, 3.05) is 4.90 Å². The number of nitrogens with zero attached hydrogens (tertiary/aromatic N) is 2. The van der Waals surface area contributed by atoms with Gasteiger partial charge in [-0.25, -0.2) is 0 Å². The average molecular weight is 829 g/mol. The van der Waals surface area contributed by atoms with Crippen LogP contribution < -0.4 is 4.90 Å². The molecule has 13 aromatic rings. The van der Waals surface area contributed by atoms with E-state index < -0.39 is 0 Å². The number of anilines is 3. The molecule has 0 atom stereocenters. The fourth-order valence-electron chi connectivity index (χ4n) is 10.2. The summed E-state index contributed by atoms with van der Waals surface area (Å²) in [6.45, 7) is 0. The molecule has 65 heavy (non-hydrogen) atoms. The van der Waals surface area contributed by atoms with E-state index in [9.17, 15) is 0 Å². The van der Waals surface area contributed by atoms with Crippen LogP contribution in [0.5, 0.6) is 0 Å². The Labute approximate surface area is 376 Å². The molecule has 0 fully saturated rings. The minimum Gasteiger partial charge on any atom is -0.456 e. The quantitative estimate of drug-likeness (QED) is 0.149. The highest BCUT2D eigenvalue weighted by Crippen LogP contribution is 2.44. The number of fused-ring (bicyclic) bond motifs is 9. The van der Waals surface area contributed by atoms with Crippen LogP contribution in [0.15, 0.2) is 247 Å². The van der Waals surface area contributed by atoms with Crippen LogP contribution in [-0.4, -0.2) is 4.57 Å². The Morgan fingerprint density at radius 1 is 0.308 bits per heavy atom. The normalized spacial score (nSPS) is 11.7. The third kappa shape index (κ3) is 6.12. The Balaban J connectivity index is 0.947. The number of furan rings is 1. The van der Waals surface area contributed by atoms with Crippen molar-refractivity contribution >= 4 is 82.4 Å². The van der Waals surface area contributed by atoms with Gasteiger partial charge in [-0.1, -0.05) is 170 Å². The third-order valence-electron chi connectivity index (χ3n) is 13.2. The lowest BCUT2D eigenvalue weighted by Crippen LogP contribution is -2.10. The zero-order valence-corrected chi connectivity index (χ0v) is 35.4. The van der Waals surface area contributed by atoms with Crippen molar-refractivity contribution in [3.8, 4) is 39.1 Å². The van der Waals surface area contributed by atoms with Gasteiger partial charge in [0.2, 0.25) is 0 Å². The number of rotatable bonds is 7. The van der Waals surface area contributed by atoms with Gasteiger partial charge in [0, 0.05) is 33.2 Å². The summed E-state index contributed by atoms with van der Waals surface area (Å²) in [7, 11) is 0. The van der Waals surface area contributed by atoms with Gasteiger partial charge in [0.05, 0.1) is 22.1 Å². The van der Waals surface area contributed by atoms with Gasteiger partial charge in [-0.05, 0) is 128 Å². The third-order valence-corrected chi connectivity index (χ3v) is 13.2. The van der Waals surface area contributed by atoms with Crippen LogP contribution in [0.1, 0.15) is 0 Å². The SMILES string of the molecule is c1ccc(-c2ccc(N(c3ccc(-c4ccc5c(ccc6ccccc65)c4)cc3)c3cccc(-c4cccc5c4c4ccccc4n5-c4cccc5oc6ccccc6c45)c3)cc2)cc1. The molecule has 11 aromatic carbocycles. The second-order valence-corrected chi connectivity index (χ2v) is 16.9. The molecule has 0 radical (unpaired) electrons. The van der Waals surface area contributed by atoms with Crippen molar-refractivity contribution in [2.24, 2.45) is 0 Å². The number of para-hydroxylation sites is 2. The first kappa shape index (κ1) is 36.9. The van der Waals surface area contributed by atoms with Gasteiger partial charge in [-0.2, -0.15) is 0 Å². The second kappa shape index (κ2) is 15.0. The van der Waals surface area contributed by atoms with E-state index in [-0.39, 0.29) is 0 Å². The monoisotopic (exact) mass is 828 g/mol. The van der Waals surface area contributed by atoms with Crippen LogP contribution in [0, 0.1) is 0 Å². The van der Waals surface area contributed by atoms with E-state index in [1.165, 1.54) is 60.1 Å². The van der Waals surface area contributed by atoms with Gasteiger partial charge >= 0.3 is 0 Å². The lowest BCUT2D eigenvalue weighted by atomic mass is 9.97. The molecular weight excluding hydrogens is 789 g/mol. The molecule has 0 spiro atoms. The Morgan fingerprint density at radius 2 is 0.892 bits per heavy atom. The molecule has 0 amide bonds. The molecule has 0 N–H and O–H groups in total. The van der Waals surface area contributed by atoms with Crippen molar-refractivity contribution < 1.29 is 4.42 Å². The predicted molar refractivity (Wildman–Crippen MR) is 274 cm³/mol. The minimum absolute atomic E-state index is 0.884. The van der Waals surface area contributed by atoms with Gasteiger partial charge in [0.25, 0.3) is 0 Å². The van der Waals surface area contributed by atoms with E-state index >= 15 is 0 Å². The second-order valence-electron chi connectivity index (χ2n) is 16.9. The lowest BCUT2D eigenvalue weighted by molar-refractivity contribution is 0.669. The maximum Gasteiger partial charge on any atom is 0.137 e. The molecule has 304 valence electrons. The first-order chi connectivity index (χ1) is 32.2. The van der Waals surface area contributed by atoms with E-state index in [0.29, 0.717) is 0 Å². The van der Waals surface area contributed by atoms with Crippen molar-refractivity contribution in [2.45, 2.75) is 0 Å². The molecule has 2 heterocycles. The van der Waals surface area contributed by atoms with Crippen molar-refractivity contribution in [3.63, 3.8) is 0 Å². The predicted octanol–water partition coefficient (Wildman–Crippen LogP) is 17.5. The number of hydrogen-bond acceptors (Lipinski definition) is 2. The Bertz CT molecular complexity index is 3930. The molecule has 3 heteroatoms. The summed E-state index contributed by atoms with van der Waals surface area (Å²) in [5.74, 6) is 0. The molecule has 0 aliphatic rings. The number of hydrogen-bond donors (Lipinski definition) is 0. The molecular formula is C62H40N2O. The van der Waals surface area contributed by atoms with E-state index in [0.717, 1.165) is 61.3 Å². The average Bonchev–Trinajstić information content (AvgIpc) is 3.93. The highest BCUT2D eigenvalue weighted by molar-refractivity contribution is 6.18. The molecule has 0 aliphatic heterocycles. The Hall–Kier alpha value is -8.66. The topological polar surface area (TPSA) is 21.3 Å². The summed E-state index contributed by atoms with van der Waals surface area (Å²) in [4.78, 5) is 2.38. The first-order valence-corrected chi connectivity index (χ1v) is 22.2. The molecule has 0 saturated heterocycles. The van der Waals surface area contributed by atoms with E-state index in [2.05, 4.69) is 246 Å². The van der Waals surface area contributed by atoms with Crippen molar-refractivity contribution in [1.29, 1.82) is 0 Å². The smallest absolute Gasteiger partial charge is 0.137 e. The summed E-state index contributed by atoms with van der Waals surface area (Å²) in [6, 6.07) is 87.7. The fraction of sp³-hybridized carbons (Fsp3) is 0. The standard InChI is InChI=1S/C62H40N2O/c1-2-13-41(14-3-1)42-29-34-48(35-30-42)63(49-36-31-43(32-37-49)45-33-38-52-47(39-45)28-27-44-15-4-5-18-51(44)52)50-17-10-16-46(40-50)53-21-11-23-57-61(53)54-19-6-8-22-56(54)64(57)58-24-12-26-60-62(58)55-20-7-9-25-59(55)65-60/h1-40H. The number of benzene rings is 11. The zero-order chi connectivity index (χ0) is 42.8. The lowest BCUT2D eigenvalue weighted by Gasteiger charge is -2.26. The Morgan fingerprint density at radius 3 is 1.72 bits per heavy atom. The summed E-state index contributed by atoms with van der Waals surface area (Å²) in [5.41, 5.74) is 15.5. The van der Waals surface area contributed by atoms with Gasteiger partial charge in [-0.3, -0.25) is 0 Å². The van der Waals surface area contributed by atoms with E-state index in [1.54, 1.807) is 0 Å². The minimum atomic E-state index is 0.884. The van der Waals surface area contributed by atoms with Crippen LogP contribution in [0.4, 0.5) is 17.1 Å². The van der Waals surface area contributed by atoms with Crippen LogP contribution in [0.2, 0.25) is 0 Å². The molecule has 0 unspecified atom stereocenters. The van der Waals surface area contributed by atoms with Gasteiger partial charge < -0.3 is 13.9 Å². The summed E-state index contributed by atoms with van der Waals surface area (Å²) < 4.78 is 8.80. The van der Waals surface area contributed by atoms with Crippen LogP contribution in [0.3, 0.4) is 0 Å². The number of aromatic nitrogens is 1. The van der Waals surface area contributed by atoms with Crippen molar-refractivity contribution in [3.05, 3.63) is 243 Å². The maximum atomic E-state index is 6.39. The highest BCUT2D eigenvalue weighted by Gasteiger charge is 2.21. The van der Waals surface area contributed by atoms with Gasteiger partial charge in [0.1, 0.15) is 11.2 Å².